The molecule has 1 atom stereocenters. The predicted molar refractivity (Wildman–Crippen MR) is 97.7 cm³/mol. The van der Waals surface area contributed by atoms with Gasteiger partial charge in [-0.25, -0.2) is 9.98 Å². The number of aromatic nitrogens is 3. The number of ether oxygens (including phenoxy) is 1. The molecule has 2 heterocycles. The van der Waals surface area contributed by atoms with Crippen LogP contribution in [0.5, 0.6) is 5.75 Å². The van der Waals surface area contributed by atoms with Crippen molar-refractivity contribution in [3.63, 3.8) is 0 Å². The van der Waals surface area contributed by atoms with Gasteiger partial charge in [-0.1, -0.05) is 12.1 Å². The van der Waals surface area contributed by atoms with Crippen LogP contribution >= 0.6 is 0 Å². The lowest BCUT2D eigenvalue weighted by molar-refractivity contribution is 0.414. The van der Waals surface area contributed by atoms with Gasteiger partial charge in [0.2, 0.25) is 0 Å². The number of rotatable bonds is 5. The van der Waals surface area contributed by atoms with Crippen molar-refractivity contribution < 1.29 is 4.74 Å². The van der Waals surface area contributed by atoms with Crippen LogP contribution in [0.15, 0.2) is 35.6 Å². The summed E-state index contributed by atoms with van der Waals surface area (Å²) >= 11 is 0. The highest BCUT2D eigenvalue weighted by atomic mass is 16.5. The molecule has 25 heavy (non-hydrogen) atoms. The van der Waals surface area contributed by atoms with Gasteiger partial charge in [0.25, 0.3) is 0 Å². The SMILES string of the molecule is CCNC(=NCc1ncnn1C)N1CCC(c2ccc(OC)cc2)C1. The maximum atomic E-state index is 5.25. The second kappa shape index (κ2) is 8.00. The molecule has 3 rings (SSSR count). The summed E-state index contributed by atoms with van der Waals surface area (Å²) in [5.41, 5.74) is 1.35. The Hall–Kier alpha value is -2.57. The van der Waals surface area contributed by atoms with Gasteiger partial charge in [0, 0.05) is 32.6 Å². The number of nitrogens with zero attached hydrogens (tertiary/aromatic N) is 5. The van der Waals surface area contributed by atoms with Crippen LogP contribution in [0.4, 0.5) is 0 Å². The lowest BCUT2D eigenvalue weighted by Gasteiger charge is -2.21. The van der Waals surface area contributed by atoms with E-state index in [4.69, 9.17) is 9.73 Å². The molecule has 0 amide bonds. The van der Waals surface area contributed by atoms with Gasteiger partial charge in [-0.15, -0.1) is 0 Å². The van der Waals surface area contributed by atoms with Crippen LogP contribution in [0.1, 0.15) is 30.7 Å². The minimum Gasteiger partial charge on any atom is -0.497 e. The topological polar surface area (TPSA) is 67.6 Å². The largest absolute Gasteiger partial charge is 0.497 e. The van der Waals surface area contributed by atoms with E-state index in [1.165, 1.54) is 5.56 Å². The van der Waals surface area contributed by atoms with Crippen LogP contribution in [0, 0.1) is 0 Å². The lowest BCUT2D eigenvalue weighted by atomic mass is 9.98. The Kier molecular flexibility index (Phi) is 5.53. The molecule has 0 radical (unpaired) electrons. The van der Waals surface area contributed by atoms with Gasteiger partial charge < -0.3 is 15.0 Å². The molecule has 1 aromatic carbocycles. The number of hydrogen-bond donors (Lipinski definition) is 1. The number of likely N-dealkylation sites (tertiary alicyclic amines) is 1. The second-order valence-electron chi connectivity index (χ2n) is 6.17. The third kappa shape index (κ3) is 4.10. The zero-order chi connectivity index (χ0) is 17.6. The molecule has 1 aliphatic heterocycles. The van der Waals surface area contributed by atoms with E-state index < -0.39 is 0 Å². The lowest BCUT2D eigenvalue weighted by Crippen LogP contribution is -2.40. The number of aliphatic imine (C=N–C) groups is 1. The van der Waals surface area contributed by atoms with Gasteiger partial charge in [0.05, 0.1) is 7.11 Å². The van der Waals surface area contributed by atoms with E-state index in [0.29, 0.717) is 12.5 Å². The maximum absolute atomic E-state index is 5.25. The number of aryl methyl sites for hydroxylation is 1. The van der Waals surface area contributed by atoms with Gasteiger partial charge in [0.15, 0.2) is 5.96 Å². The highest BCUT2D eigenvalue weighted by molar-refractivity contribution is 5.80. The molecule has 0 bridgehead atoms. The molecule has 134 valence electrons. The highest BCUT2D eigenvalue weighted by Crippen LogP contribution is 2.28. The van der Waals surface area contributed by atoms with Crippen LogP contribution in [-0.4, -0.2) is 52.4 Å². The average Bonchev–Trinajstić information content (AvgIpc) is 3.28. The number of hydrogen-bond acceptors (Lipinski definition) is 4. The summed E-state index contributed by atoms with van der Waals surface area (Å²) in [6.07, 6.45) is 2.69. The number of benzene rings is 1. The van der Waals surface area contributed by atoms with Crippen LogP contribution in [0.25, 0.3) is 0 Å². The van der Waals surface area contributed by atoms with E-state index in [9.17, 15) is 0 Å². The van der Waals surface area contributed by atoms with E-state index in [1.54, 1.807) is 18.1 Å². The molecule has 2 aromatic rings. The molecule has 1 aromatic heterocycles. The van der Waals surface area contributed by atoms with Gasteiger partial charge in [0.1, 0.15) is 24.4 Å². The summed E-state index contributed by atoms with van der Waals surface area (Å²) in [6, 6.07) is 8.39. The Morgan fingerprint density at radius 2 is 2.16 bits per heavy atom. The minimum absolute atomic E-state index is 0.518. The van der Waals surface area contributed by atoms with Gasteiger partial charge in [-0.05, 0) is 31.0 Å². The summed E-state index contributed by atoms with van der Waals surface area (Å²) < 4.78 is 7.01. The van der Waals surface area contributed by atoms with Crippen molar-refractivity contribution in [1.29, 1.82) is 0 Å². The average molecular weight is 342 g/mol. The highest BCUT2D eigenvalue weighted by Gasteiger charge is 2.26. The van der Waals surface area contributed by atoms with Gasteiger partial charge in [-0.3, -0.25) is 4.68 Å². The van der Waals surface area contributed by atoms with E-state index in [-0.39, 0.29) is 0 Å². The predicted octanol–water partition coefficient (Wildman–Crippen LogP) is 1.78. The van der Waals surface area contributed by atoms with Crippen LogP contribution in [0.3, 0.4) is 0 Å². The summed E-state index contributed by atoms with van der Waals surface area (Å²) in [7, 11) is 3.59. The first-order valence-corrected chi connectivity index (χ1v) is 8.71. The molecule has 7 nitrogen and oxygen atoms in total. The molecule has 7 heteroatoms. The molecule has 1 unspecified atom stereocenters. The molecule has 1 aliphatic rings. The fourth-order valence-corrected chi connectivity index (χ4v) is 3.14. The first-order chi connectivity index (χ1) is 12.2. The normalized spacial score (nSPS) is 17.8. The van der Waals surface area contributed by atoms with Crippen molar-refractivity contribution in [1.82, 2.24) is 25.0 Å². The Labute approximate surface area is 148 Å². The van der Waals surface area contributed by atoms with Crippen molar-refractivity contribution in [2.24, 2.45) is 12.0 Å². The molecule has 1 fully saturated rings. The van der Waals surface area contributed by atoms with E-state index in [2.05, 4.69) is 39.4 Å². The monoisotopic (exact) mass is 342 g/mol. The molecule has 0 spiro atoms. The smallest absolute Gasteiger partial charge is 0.194 e. The van der Waals surface area contributed by atoms with Crippen LogP contribution < -0.4 is 10.1 Å². The van der Waals surface area contributed by atoms with Crippen molar-refractivity contribution >= 4 is 5.96 Å². The Bertz CT molecular complexity index is 709. The Morgan fingerprint density at radius 1 is 1.36 bits per heavy atom. The fourth-order valence-electron chi connectivity index (χ4n) is 3.14. The van der Waals surface area contributed by atoms with Crippen LogP contribution in [0.2, 0.25) is 0 Å². The maximum Gasteiger partial charge on any atom is 0.194 e. The summed E-state index contributed by atoms with van der Waals surface area (Å²) in [4.78, 5) is 11.3. The summed E-state index contributed by atoms with van der Waals surface area (Å²) in [6.45, 7) is 5.44. The zero-order valence-corrected chi connectivity index (χ0v) is 15.1. The first-order valence-electron chi connectivity index (χ1n) is 8.71. The van der Waals surface area contributed by atoms with Crippen molar-refractivity contribution in [2.75, 3.05) is 26.7 Å². The number of methoxy groups -OCH3 is 1. The van der Waals surface area contributed by atoms with Crippen molar-refractivity contribution in [2.45, 2.75) is 25.8 Å². The Morgan fingerprint density at radius 3 is 2.80 bits per heavy atom. The molecule has 0 aliphatic carbocycles. The molecule has 1 saturated heterocycles. The molecule has 1 N–H and O–H groups in total. The van der Waals surface area contributed by atoms with Crippen molar-refractivity contribution in [3.05, 3.63) is 42.0 Å². The minimum atomic E-state index is 0.518. The molecular weight excluding hydrogens is 316 g/mol. The van der Waals surface area contributed by atoms with Crippen LogP contribution in [-0.2, 0) is 13.6 Å². The number of nitrogens with one attached hydrogen (secondary N) is 1. The Balaban J connectivity index is 1.67. The molecule has 0 saturated carbocycles. The van der Waals surface area contributed by atoms with Gasteiger partial charge in [-0.2, -0.15) is 5.10 Å². The van der Waals surface area contributed by atoms with E-state index in [1.807, 2.05) is 19.2 Å². The first kappa shape index (κ1) is 17.3. The quantitative estimate of drug-likeness (QED) is 0.663. The standard InChI is InChI=1S/C18H26N6O/c1-4-19-18(20-11-17-21-13-22-23(17)2)24-10-9-15(12-24)14-5-7-16(25-3)8-6-14/h5-8,13,15H,4,9-12H2,1-3H3,(H,19,20). The molecular formula is C18H26N6O. The van der Waals surface area contributed by atoms with E-state index >= 15 is 0 Å². The second-order valence-corrected chi connectivity index (χ2v) is 6.17. The summed E-state index contributed by atoms with van der Waals surface area (Å²) in [5, 5.41) is 7.49. The summed E-state index contributed by atoms with van der Waals surface area (Å²) in [5.74, 6) is 3.23. The van der Waals surface area contributed by atoms with E-state index in [0.717, 1.165) is 43.6 Å². The van der Waals surface area contributed by atoms with Crippen molar-refractivity contribution in [3.8, 4) is 5.75 Å². The third-order valence-corrected chi connectivity index (χ3v) is 4.59. The number of guanidine groups is 1. The van der Waals surface area contributed by atoms with Gasteiger partial charge >= 0.3 is 0 Å². The fraction of sp³-hybridized carbons (Fsp3) is 0.500. The zero-order valence-electron chi connectivity index (χ0n) is 15.1. The third-order valence-electron chi connectivity index (χ3n) is 4.59.